The van der Waals surface area contributed by atoms with Gasteiger partial charge in [0.2, 0.25) is 0 Å². The summed E-state index contributed by atoms with van der Waals surface area (Å²) in [6.45, 7) is 5.09. The number of aromatic nitrogens is 3. The van der Waals surface area contributed by atoms with Gasteiger partial charge in [-0.05, 0) is 18.1 Å². The van der Waals surface area contributed by atoms with E-state index in [2.05, 4.69) is 23.9 Å². The molecule has 0 bridgehead atoms. The Hall–Kier alpha value is -2.02. The molecule has 0 aliphatic carbocycles. The predicted octanol–water partition coefficient (Wildman–Crippen LogP) is 2.29. The molecule has 0 saturated carbocycles. The van der Waals surface area contributed by atoms with Crippen LogP contribution in [0.3, 0.4) is 0 Å². The monoisotopic (exact) mass is 308 g/mol. The summed E-state index contributed by atoms with van der Waals surface area (Å²) in [6, 6.07) is 4.47. The summed E-state index contributed by atoms with van der Waals surface area (Å²) in [5, 5.41) is 4.14. The average Bonchev–Trinajstić information content (AvgIpc) is 2.82. The van der Waals surface area contributed by atoms with Crippen LogP contribution in [0.2, 0.25) is 0 Å². The number of rotatable bonds is 6. The van der Waals surface area contributed by atoms with Crippen LogP contribution in [0.4, 0.5) is 4.39 Å². The second-order valence-electron chi connectivity index (χ2n) is 5.02. The molecule has 1 heterocycles. The molecular weight excluding hydrogens is 291 g/mol. The van der Waals surface area contributed by atoms with Crippen LogP contribution < -0.4 is 10.5 Å². The third kappa shape index (κ3) is 3.75. The maximum absolute atomic E-state index is 13.7. The minimum Gasteiger partial charge on any atom is -0.485 e. The van der Waals surface area contributed by atoms with Gasteiger partial charge in [0.15, 0.2) is 5.82 Å². The Morgan fingerprint density at radius 3 is 2.90 bits per heavy atom. The van der Waals surface area contributed by atoms with Crippen LogP contribution in [-0.4, -0.2) is 19.8 Å². The zero-order valence-electron chi connectivity index (χ0n) is 11.9. The summed E-state index contributed by atoms with van der Waals surface area (Å²) in [7, 11) is 0. The Morgan fingerprint density at radius 1 is 1.48 bits per heavy atom. The van der Waals surface area contributed by atoms with Crippen molar-refractivity contribution in [2.45, 2.75) is 27.0 Å². The van der Waals surface area contributed by atoms with Gasteiger partial charge in [0.05, 0.1) is 5.56 Å². The SMILES string of the molecule is CC(C)Cn1ncnc1COc1cccc(F)c1C(N)=S. The van der Waals surface area contributed by atoms with E-state index in [4.69, 9.17) is 22.7 Å². The Bertz CT molecular complexity index is 642. The van der Waals surface area contributed by atoms with Crippen LogP contribution in [0.25, 0.3) is 0 Å². The molecule has 2 aromatic rings. The molecule has 1 aromatic heterocycles. The van der Waals surface area contributed by atoms with Crippen molar-refractivity contribution in [3.8, 4) is 5.75 Å². The Balaban J connectivity index is 2.16. The molecule has 0 saturated heterocycles. The smallest absolute Gasteiger partial charge is 0.164 e. The number of halogens is 1. The van der Waals surface area contributed by atoms with E-state index < -0.39 is 5.82 Å². The lowest BCUT2D eigenvalue weighted by molar-refractivity contribution is 0.281. The second kappa shape index (κ2) is 6.62. The number of hydrogen-bond donors (Lipinski definition) is 1. The topological polar surface area (TPSA) is 66.0 Å². The molecule has 0 aliphatic rings. The van der Waals surface area contributed by atoms with Crippen LogP contribution >= 0.6 is 12.2 Å². The molecule has 0 unspecified atom stereocenters. The molecule has 0 fully saturated rings. The first-order valence-corrected chi connectivity index (χ1v) is 6.97. The highest BCUT2D eigenvalue weighted by Gasteiger charge is 2.14. The molecule has 2 N–H and O–H groups in total. The van der Waals surface area contributed by atoms with Gasteiger partial charge in [0.25, 0.3) is 0 Å². The third-order valence-electron chi connectivity index (χ3n) is 2.81. The minimum absolute atomic E-state index is 0.0354. The number of hydrogen-bond acceptors (Lipinski definition) is 4. The molecule has 5 nitrogen and oxygen atoms in total. The van der Waals surface area contributed by atoms with Gasteiger partial charge in [0, 0.05) is 6.54 Å². The van der Waals surface area contributed by atoms with Gasteiger partial charge < -0.3 is 10.5 Å². The summed E-state index contributed by atoms with van der Waals surface area (Å²) >= 11 is 4.86. The lowest BCUT2D eigenvalue weighted by Gasteiger charge is -2.12. The quantitative estimate of drug-likeness (QED) is 0.829. The van der Waals surface area contributed by atoms with Gasteiger partial charge in [-0.25, -0.2) is 14.1 Å². The van der Waals surface area contributed by atoms with Gasteiger partial charge in [-0.15, -0.1) is 0 Å². The van der Waals surface area contributed by atoms with Crippen molar-refractivity contribution in [1.29, 1.82) is 0 Å². The highest BCUT2D eigenvalue weighted by molar-refractivity contribution is 7.80. The highest BCUT2D eigenvalue weighted by Crippen LogP contribution is 2.22. The van der Waals surface area contributed by atoms with E-state index in [1.807, 2.05) is 0 Å². The number of ether oxygens (including phenoxy) is 1. The fourth-order valence-corrected chi connectivity index (χ4v) is 2.10. The standard InChI is InChI=1S/C14H17FN4OS/c1-9(2)6-19-12(17-8-18-19)7-20-11-5-3-4-10(15)13(11)14(16)21/h3-5,8-9H,6-7H2,1-2H3,(H2,16,21). The molecule has 0 spiro atoms. The lowest BCUT2D eigenvalue weighted by Crippen LogP contribution is -2.16. The third-order valence-corrected chi connectivity index (χ3v) is 3.02. The lowest BCUT2D eigenvalue weighted by atomic mass is 10.2. The van der Waals surface area contributed by atoms with Crippen molar-refractivity contribution in [1.82, 2.24) is 14.8 Å². The number of nitrogens with zero attached hydrogens (tertiary/aromatic N) is 3. The Morgan fingerprint density at radius 2 is 2.24 bits per heavy atom. The van der Waals surface area contributed by atoms with E-state index >= 15 is 0 Å². The van der Waals surface area contributed by atoms with Crippen molar-refractivity contribution in [3.05, 3.63) is 41.7 Å². The van der Waals surface area contributed by atoms with Crippen LogP contribution in [-0.2, 0) is 13.2 Å². The molecule has 0 radical (unpaired) electrons. The van der Waals surface area contributed by atoms with Crippen molar-refractivity contribution in [3.63, 3.8) is 0 Å². The molecule has 0 atom stereocenters. The fraction of sp³-hybridized carbons (Fsp3) is 0.357. The van der Waals surface area contributed by atoms with Crippen molar-refractivity contribution in [2.24, 2.45) is 11.7 Å². The van der Waals surface area contributed by atoms with Crippen LogP contribution in [0, 0.1) is 11.7 Å². The maximum atomic E-state index is 13.7. The van der Waals surface area contributed by atoms with Crippen LogP contribution in [0.5, 0.6) is 5.75 Å². The van der Waals surface area contributed by atoms with E-state index in [-0.39, 0.29) is 17.2 Å². The molecule has 1 aromatic carbocycles. The first kappa shape index (κ1) is 15.4. The van der Waals surface area contributed by atoms with Gasteiger partial charge in [-0.3, -0.25) is 0 Å². The molecule has 0 amide bonds. The largest absolute Gasteiger partial charge is 0.485 e. The summed E-state index contributed by atoms with van der Waals surface area (Å²) in [4.78, 5) is 4.11. The normalized spacial score (nSPS) is 10.9. The summed E-state index contributed by atoms with van der Waals surface area (Å²) in [6.07, 6.45) is 1.47. The van der Waals surface area contributed by atoms with Crippen molar-refractivity contribution in [2.75, 3.05) is 0 Å². The van der Waals surface area contributed by atoms with Gasteiger partial charge >= 0.3 is 0 Å². The Kier molecular flexibility index (Phi) is 4.85. The fourth-order valence-electron chi connectivity index (χ4n) is 1.90. The van der Waals surface area contributed by atoms with Crippen LogP contribution in [0.15, 0.2) is 24.5 Å². The maximum Gasteiger partial charge on any atom is 0.164 e. The predicted molar refractivity (Wildman–Crippen MR) is 81.5 cm³/mol. The second-order valence-corrected chi connectivity index (χ2v) is 5.46. The van der Waals surface area contributed by atoms with Gasteiger partial charge in [0.1, 0.15) is 29.5 Å². The van der Waals surface area contributed by atoms with E-state index in [1.54, 1.807) is 16.8 Å². The van der Waals surface area contributed by atoms with E-state index in [0.717, 1.165) is 6.54 Å². The van der Waals surface area contributed by atoms with E-state index in [9.17, 15) is 4.39 Å². The molecule has 2 rings (SSSR count). The van der Waals surface area contributed by atoms with Crippen LogP contribution in [0.1, 0.15) is 25.2 Å². The summed E-state index contributed by atoms with van der Waals surface area (Å²) in [5.74, 6) is 0.916. The zero-order valence-corrected chi connectivity index (χ0v) is 12.7. The Labute approximate surface area is 127 Å². The highest BCUT2D eigenvalue weighted by atomic mass is 32.1. The minimum atomic E-state index is -0.497. The summed E-state index contributed by atoms with van der Waals surface area (Å²) < 4.78 is 21.1. The van der Waals surface area contributed by atoms with Crippen molar-refractivity contribution < 1.29 is 9.13 Å². The van der Waals surface area contributed by atoms with Crippen molar-refractivity contribution >= 4 is 17.2 Å². The number of nitrogens with two attached hydrogens (primary N) is 1. The first-order chi connectivity index (χ1) is 9.99. The molecule has 112 valence electrons. The number of benzene rings is 1. The summed E-state index contributed by atoms with van der Waals surface area (Å²) in [5.41, 5.74) is 5.65. The average molecular weight is 308 g/mol. The van der Waals surface area contributed by atoms with E-state index in [0.29, 0.717) is 17.5 Å². The number of thiocarbonyl (C=S) groups is 1. The van der Waals surface area contributed by atoms with Gasteiger partial charge in [-0.2, -0.15) is 5.10 Å². The van der Waals surface area contributed by atoms with E-state index in [1.165, 1.54) is 12.4 Å². The molecular formula is C14H17FN4OS. The zero-order chi connectivity index (χ0) is 15.4. The molecule has 7 heteroatoms. The van der Waals surface area contributed by atoms with Gasteiger partial charge in [-0.1, -0.05) is 32.1 Å². The molecule has 0 aliphatic heterocycles. The molecule has 21 heavy (non-hydrogen) atoms. The first-order valence-electron chi connectivity index (χ1n) is 6.56.